The van der Waals surface area contributed by atoms with E-state index < -0.39 is 0 Å². The molecule has 0 bridgehead atoms. The lowest BCUT2D eigenvalue weighted by Crippen LogP contribution is -2.15. The third-order valence-electron chi connectivity index (χ3n) is 3.57. The van der Waals surface area contributed by atoms with Crippen LogP contribution in [-0.4, -0.2) is 40.8 Å². The average Bonchev–Trinajstić information content (AvgIpc) is 2.86. The molecular formula is C18H23Cl2N3S. The van der Waals surface area contributed by atoms with Crippen molar-refractivity contribution in [3.05, 3.63) is 60.2 Å². The molecule has 0 radical (unpaired) electrons. The van der Waals surface area contributed by atoms with Gasteiger partial charge in [0.05, 0.1) is 17.6 Å². The van der Waals surface area contributed by atoms with Crippen LogP contribution in [0.4, 0.5) is 0 Å². The monoisotopic (exact) mass is 383 g/mol. The van der Waals surface area contributed by atoms with Crippen LogP contribution in [0, 0.1) is 0 Å². The number of imidazole rings is 1. The van der Waals surface area contributed by atoms with Gasteiger partial charge in [-0.25, -0.2) is 4.98 Å². The van der Waals surface area contributed by atoms with Crippen LogP contribution in [0.15, 0.2) is 59.8 Å². The van der Waals surface area contributed by atoms with Crippen LogP contribution >= 0.6 is 36.6 Å². The summed E-state index contributed by atoms with van der Waals surface area (Å²) in [5, 5.41) is 1.10. The van der Waals surface area contributed by atoms with Crippen molar-refractivity contribution < 1.29 is 0 Å². The topological polar surface area (TPSA) is 21.1 Å². The van der Waals surface area contributed by atoms with Crippen molar-refractivity contribution in [1.82, 2.24) is 14.5 Å². The van der Waals surface area contributed by atoms with E-state index >= 15 is 0 Å². The van der Waals surface area contributed by atoms with Gasteiger partial charge in [0.15, 0.2) is 5.16 Å². The average molecular weight is 384 g/mol. The van der Waals surface area contributed by atoms with Crippen molar-refractivity contribution in [1.29, 1.82) is 0 Å². The lowest BCUT2D eigenvalue weighted by atomic mass is 10.2. The maximum Gasteiger partial charge on any atom is 0.169 e. The molecule has 0 atom stereocenters. The van der Waals surface area contributed by atoms with E-state index in [1.54, 1.807) is 0 Å². The zero-order valence-electron chi connectivity index (χ0n) is 13.9. The van der Waals surface area contributed by atoms with Crippen LogP contribution in [0.2, 0.25) is 0 Å². The molecule has 3 nitrogen and oxygen atoms in total. The highest BCUT2D eigenvalue weighted by molar-refractivity contribution is 7.99. The van der Waals surface area contributed by atoms with Crippen LogP contribution in [0.5, 0.6) is 0 Å². The summed E-state index contributed by atoms with van der Waals surface area (Å²) in [4.78, 5) is 7.02. The smallest absolute Gasteiger partial charge is 0.169 e. The summed E-state index contributed by atoms with van der Waals surface area (Å²) >= 11 is 1.83. The van der Waals surface area contributed by atoms with Gasteiger partial charge in [0, 0.05) is 12.3 Å². The maximum absolute atomic E-state index is 4.81. The first-order valence-corrected chi connectivity index (χ1v) is 8.49. The van der Waals surface area contributed by atoms with Crippen molar-refractivity contribution in [2.24, 2.45) is 0 Å². The fourth-order valence-corrected chi connectivity index (χ4v) is 3.52. The molecule has 0 aliphatic heterocycles. The quantitative estimate of drug-likeness (QED) is 0.581. The van der Waals surface area contributed by atoms with Gasteiger partial charge in [0.2, 0.25) is 0 Å². The highest BCUT2D eigenvalue weighted by Crippen LogP contribution is 2.25. The van der Waals surface area contributed by atoms with Gasteiger partial charge in [0.25, 0.3) is 0 Å². The summed E-state index contributed by atoms with van der Waals surface area (Å²) in [5.41, 5.74) is 3.59. The number of rotatable bonds is 6. The number of aromatic nitrogens is 2. The maximum atomic E-state index is 4.81. The van der Waals surface area contributed by atoms with Crippen LogP contribution in [0.25, 0.3) is 11.0 Å². The van der Waals surface area contributed by atoms with E-state index in [2.05, 4.69) is 78.2 Å². The minimum absolute atomic E-state index is 0. The van der Waals surface area contributed by atoms with Crippen molar-refractivity contribution in [3.63, 3.8) is 0 Å². The Balaban J connectivity index is 0.00000144. The van der Waals surface area contributed by atoms with E-state index in [1.165, 1.54) is 11.1 Å². The molecule has 3 rings (SSSR count). The number of nitrogens with zero attached hydrogens (tertiary/aromatic N) is 3. The molecule has 6 heteroatoms. The van der Waals surface area contributed by atoms with Gasteiger partial charge in [-0.15, -0.1) is 24.8 Å². The Labute approximate surface area is 160 Å². The fourth-order valence-electron chi connectivity index (χ4n) is 2.40. The molecule has 0 saturated carbocycles. The van der Waals surface area contributed by atoms with Crippen LogP contribution < -0.4 is 0 Å². The second-order valence-electron chi connectivity index (χ2n) is 5.61. The van der Waals surface area contributed by atoms with Gasteiger partial charge >= 0.3 is 0 Å². The second kappa shape index (κ2) is 9.94. The summed E-state index contributed by atoms with van der Waals surface area (Å²) in [6, 6.07) is 19.0. The molecule has 0 spiro atoms. The molecule has 0 saturated heterocycles. The summed E-state index contributed by atoms with van der Waals surface area (Å²) in [6.45, 7) is 1.92. The molecule has 3 aromatic rings. The molecule has 2 aromatic carbocycles. The Morgan fingerprint density at radius 3 is 2.33 bits per heavy atom. The molecular weight excluding hydrogens is 361 g/mol. The number of halogens is 2. The third kappa shape index (κ3) is 5.15. The van der Waals surface area contributed by atoms with Gasteiger partial charge in [0.1, 0.15) is 0 Å². The lowest BCUT2D eigenvalue weighted by molar-refractivity contribution is 0.437. The molecule has 24 heavy (non-hydrogen) atoms. The Morgan fingerprint density at radius 1 is 0.958 bits per heavy atom. The van der Waals surface area contributed by atoms with Crippen LogP contribution in [0.1, 0.15) is 5.56 Å². The number of hydrogen-bond donors (Lipinski definition) is 0. The Morgan fingerprint density at radius 2 is 1.62 bits per heavy atom. The van der Waals surface area contributed by atoms with Gasteiger partial charge in [-0.1, -0.05) is 54.2 Å². The van der Waals surface area contributed by atoms with Gasteiger partial charge in [-0.05, 0) is 31.8 Å². The number of thioether (sulfide) groups is 1. The molecule has 1 heterocycles. The SMILES string of the molecule is CN(C)CCSc1nc2ccccc2n1Cc1ccccc1.Cl.Cl. The first-order chi connectivity index (χ1) is 10.7. The summed E-state index contributed by atoms with van der Waals surface area (Å²) in [6.07, 6.45) is 0. The lowest BCUT2D eigenvalue weighted by Gasteiger charge is -2.11. The highest BCUT2D eigenvalue weighted by atomic mass is 35.5. The zero-order chi connectivity index (χ0) is 15.4. The van der Waals surface area contributed by atoms with Crippen molar-refractivity contribution in [3.8, 4) is 0 Å². The van der Waals surface area contributed by atoms with E-state index in [0.29, 0.717) is 0 Å². The van der Waals surface area contributed by atoms with Gasteiger partial charge < -0.3 is 9.47 Å². The molecule has 0 aliphatic rings. The molecule has 0 N–H and O–H groups in total. The first kappa shape index (κ1) is 20.8. The minimum atomic E-state index is 0. The van der Waals surface area contributed by atoms with Crippen molar-refractivity contribution in [2.45, 2.75) is 11.7 Å². The molecule has 0 fully saturated rings. The van der Waals surface area contributed by atoms with Gasteiger partial charge in [-0.3, -0.25) is 0 Å². The number of benzene rings is 2. The highest BCUT2D eigenvalue weighted by Gasteiger charge is 2.11. The number of para-hydroxylation sites is 2. The minimum Gasteiger partial charge on any atom is -0.314 e. The third-order valence-corrected chi connectivity index (χ3v) is 4.53. The molecule has 0 unspecified atom stereocenters. The predicted octanol–water partition coefficient (Wildman–Crippen LogP) is 4.58. The van der Waals surface area contributed by atoms with Gasteiger partial charge in [-0.2, -0.15) is 0 Å². The summed E-state index contributed by atoms with van der Waals surface area (Å²) in [7, 11) is 4.21. The van der Waals surface area contributed by atoms with E-state index in [9.17, 15) is 0 Å². The Kier molecular flexibility index (Phi) is 8.63. The largest absolute Gasteiger partial charge is 0.314 e. The molecule has 0 aliphatic carbocycles. The standard InChI is InChI=1S/C18H21N3S.2ClH/c1-20(2)12-13-22-18-19-16-10-6-7-11-17(16)21(18)14-15-8-4-3-5-9-15;;/h3-11H,12-14H2,1-2H3;2*1H. The molecule has 0 amide bonds. The molecule has 1 aromatic heterocycles. The fraction of sp³-hybridized carbons (Fsp3) is 0.278. The van der Waals surface area contributed by atoms with E-state index in [0.717, 1.165) is 29.5 Å². The first-order valence-electron chi connectivity index (χ1n) is 7.51. The van der Waals surface area contributed by atoms with Crippen molar-refractivity contribution >= 4 is 47.6 Å². The van der Waals surface area contributed by atoms with Crippen molar-refractivity contribution in [2.75, 3.05) is 26.4 Å². The Bertz CT molecular complexity index is 744. The van der Waals surface area contributed by atoms with E-state index in [-0.39, 0.29) is 24.8 Å². The zero-order valence-corrected chi connectivity index (χ0v) is 16.3. The Hall–Kier alpha value is -1.20. The van der Waals surface area contributed by atoms with Crippen LogP contribution in [0.3, 0.4) is 0 Å². The summed E-state index contributed by atoms with van der Waals surface area (Å²) < 4.78 is 2.32. The molecule has 130 valence electrons. The van der Waals surface area contributed by atoms with E-state index in [1.807, 2.05) is 11.8 Å². The number of hydrogen-bond acceptors (Lipinski definition) is 3. The second-order valence-corrected chi connectivity index (χ2v) is 6.67. The normalized spacial score (nSPS) is 10.5. The summed E-state index contributed by atoms with van der Waals surface area (Å²) in [5.74, 6) is 1.05. The van der Waals surface area contributed by atoms with Crippen LogP contribution in [-0.2, 0) is 6.54 Å². The van der Waals surface area contributed by atoms with E-state index in [4.69, 9.17) is 4.98 Å². The number of fused-ring (bicyclic) bond motifs is 1. The predicted molar refractivity (Wildman–Crippen MR) is 109 cm³/mol.